The number of nitrogens with zero attached hydrogens (tertiary/aromatic N) is 7. The molecule has 2 aromatic carbocycles. The van der Waals surface area contributed by atoms with E-state index in [-0.39, 0.29) is 44.7 Å². The summed E-state index contributed by atoms with van der Waals surface area (Å²) in [6.07, 6.45) is 1.28. The lowest BCUT2D eigenvalue weighted by Gasteiger charge is -2.35. The average Bonchev–Trinajstić information content (AvgIpc) is 4.02. The van der Waals surface area contributed by atoms with Crippen LogP contribution in [0.2, 0.25) is 0 Å². The van der Waals surface area contributed by atoms with Crippen LogP contribution < -0.4 is 15.5 Å². The van der Waals surface area contributed by atoms with Gasteiger partial charge in [0.1, 0.15) is 24.5 Å². The van der Waals surface area contributed by atoms with Gasteiger partial charge in [0.2, 0.25) is 23.5 Å². The molecule has 5 aromatic rings. The Morgan fingerprint density at radius 2 is 1.54 bits per heavy atom. The number of amides is 3. The predicted molar refractivity (Wildman–Crippen MR) is 249 cm³/mol. The third kappa shape index (κ3) is 12.6. The quantitative estimate of drug-likeness (QED) is 0.0903. The van der Waals surface area contributed by atoms with E-state index in [1.165, 1.54) is 4.90 Å². The highest BCUT2D eigenvalue weighted by molar-refractivity contribution is 7.13. The lowest BCUT2D eigenvalue weighted by atomic mass is 9.85. The summed E-state index contributed by atoms with van der Waals surface area (Å²) in [6, 6.07) is 15.9. The minimum atomic E-state index is -0.956. The molecule has 0 bridgehead atoms. The van der Waals surface area contributed by atoms with Gasteiger partial charge in [-0.1, -0.05) is 57.2 Å². The summed E-state index contributed by atoms with van der Waals surface area (Å²) in [4.78, 5) is 61.6. The molecular formula is C47H63N9O8S. The Morgan fingerprint density at radius 3 is 2.22 bits per heavy atom. The number of anilines is 1. The van der Waals surface area contributed by atoms with Crippen molar-refractivity contribution < 1.29 is 38.4 Å². The Morgan fingerprint density at radius 1 is 0.862 bits per heavy atom. The number of carbonyl (C=O) groups excluding carboxylic acids is 3. The first kappa shape index (κ1) is 47.9. The second kappa shape index (κ2) is 22.4. The van der Waals surface area contributed by atoms with Crippen molar-refractivity contribution in [2.45, 2.75) is 65.3 Å². The number of imidazole rings is 1. The zero-order valence-electron chi connectivity index (χ0n) is 38.1. The van der Waals surface area contributed by atoms with E-state index in [1.54, 1.807) is 11.3 Å². The van der Waals surface area contributed by atoms with Crippen molar-refractivity contribution in [2.24, 2.45) is 5.41 Å². The average molecular weight is 914 g/mol. The first-order valence-electron chi connectivity index (χ1n) is 22.5. The smallest absolute Gasteiger partial charge is 0.246 e. The summed E-state index contributed by atoms with van der Waals surface area (Å²) in [5.74, 6) is 0.401. The van der Waals surface area contributed by atoms with Crippen LogP contribution in [0.3, 0.4) is 0 Å². The molecule has 3 amide bonds. The largest absolute Gasteiger partial charge is 0.391 e. The van der Waals surface area contributed by atoms with Gasteiger partial charge in [-0.2, -0.15) is 4.98 Å². The van der Waals surface area contributed by atoms with Gasteiger partial charge >= 0.3 is 0 Å². The summed E-state index contributed by atoms with van der Waals surface area (Å²) < 4.78 is 24.6. The molecule has 7 rings (SSSR count). The third-order valence-corrected chi connectivity index (χ3v) is 12.8. The summed E-state index contributed by atoms with van der Waals surface area (Å²) in [6.45, 7) is 16.4. The van der Waals surface area contributed by atoms with Crippen molar-refractivity contribution >= 4 is 51.7 Å². The molecular weight excluding hydrogens is 851 g/mol. The minimum absolute atomic E-state index is 0.0109. The fourth-order valence-corrected chi connectivity index (χ4v) is 8.96. The zero-order valence-corrected chi connectivity index (χ0v) is 38.9. The van der Waals surface area contributed by atoms with Crippen molar-refractivity contribution in [3.05, 3.63) is 77.6 Å². The van der Waals surface area contributed by atoms with E-state index in [1.807, 2.05) is 93.2 Å². The fraction of sp³-hybridized carbons (Fsp3) is 0.532. The number of aromatic nitrogens is 4. The van der Waals surface area contributed by atoms with Crippen LogP contribution >= 0.6 is 11.3 Å². The number of aryl methyl sites for hydroxylation is 1. The van der Waals surface area contributed by atoms with Crippen LogP contribution in [-0.4, -0.2) is 162 Å². The summed E-state index contributed by atoms with van der Waals surface area (Å²) in [7, 11) is 0. The molecule has 0 unspecified atom stereocenters. The van der Waals surface area contributed by atoms with Crippen molar-refractivity contribution in [1.29, 1.82) is 0 Å². The number of thiazole rings is 1. The number of piperazine rings is 1. The normalized spacial score (nSPS) is 18.1. The number of benzene rings is 2. The molecule has 0 aliphatic carbocycles. The van der Waals surface area contributed by atoms with E-state index in [0.717, 1.165) is 77.1 Å². The maximum absolute atomic E-state index is 14.0. The van der Waals surface area contributed by atoms with E-state index in [4.69, 9.17) is 23.9 Å². The minimum Gasteiger partial charge on any atom is -0.391 e. The number of hydrogen-bond acceptors (Lipinski definition) is 14. The Balaban J connectivity index is 0.725. The molecule has 5 heterocycles. The third-order valence-electron chi connectivity index (χ3n) is 11.8. The molecule has 0 saturated carbocycles. The summed E-state index contributed by atoms with van der Waals surface area (Å²) in [5, 5.41) is 16.4. The van der Waals surface area contributed by atoms with E-state index in [2.05, 4.69) is 42.5 Å². The molecule has 18 heteroatoms. The van der Waals surface area contributed by atoms with Crippen LogP contribution in [0.25, 0.3) is 27.3 Å². The number of aliphatic hydroxyl groups is 1. The van der Waals surface area contributed by atoms with Gasteiger partial charge in [0, 0.05) is 51.9 Å². The number of para-hydroxylation sites is 2. The molecule has 2 aliphatic rings. The number of carbonyl (C=O) groups is 3. The van der Waals surface area contributed by atoms with Crippen LogP contribution in [0.5, 0.6) is 0 Å². The van der Waals surface area contributed by atoms with Crippen LogP contribution in [-0.2, 0) is 33.3 Å². The molecule has 0 radical (unpaired) electrons. The molecule has 3 N–H and O–H groups in total. The number of fused-ring (bicyclic) bond motifs is 3. The first-order chi connectivity index (χ1) is 31.4. The lowest BCUT2D eigenvalue weighted by molar-refractivity contribution is -0.144. The standard InChI is InChI=1S/C47H63N9O8S/c1-32(34-10-12-35(13-11-34)42-33(2)48-31-65-42)49-44(59)39-28-36(57)29-56(39)45(60)43(47(3,4)5)52-41(58)30-64-27-26-63-25-24-62-23-22-61-21-20-53-16-18-54(19-17-53)40-14-15-55-38-9-7-6-8-37(38)50-46(55)51-40/h6-15,31-32,36,39,43,57H,16-30H2,1-5H3,(H,49,59)(H,52,58)/t32-,36+,39-,43+/m0/s1. The van der Waals surface area contributed by atoms with Gasteiger partial charge < -0.3 is 44.5 Å². The van der Waals surface area contributed by atoms with Gasteiger partial charge in [0.25, 0.3) is 0 Å². The number of rotatable bonds is 21. The molecule has 3 aromatic heterocycles. The number of ether oxygens (including phenoxy) is 4. The highest BCUT2D eigenvalue weighted by atomic mass is 32.1. The SMILES string of the molecule is Cc1ncsc1-c1ccc([C@H](C)NC(=O)[C@@H]2C[C@@H](O)CN2C(=O)[C@@H](NC(=O)COCCOCCOCCOCCN2CCN(c3ccn4c(n3)nc3ccccc34)CC2)C(C)(C)C)cc1. The van der Waals surface area contributed by atoms with Crippen molar-refractivity contribution in [3.63, 3.8) is 0 Å². The van der Waals surface area contributed by atoms with Gasteiger partial charge in [0.05, 0.1) is 85.5 Å². The van der Waals surface area contributed by atoms with E-state index in [0.29, 0.717) is 33.0 Å². The van der Waals surface area contributed by atoms with Gasteiger partial charge in [-0.15, -0.1) is 11.3 Å². The number of nitrogens with one attached hydrogen (secondary N) is 2. The lowest BCUT2D eigenvalue weighted by Crippen LogP contribution is -2.58. The fourth-order valence-electron chi connectivity index (χ4n) is 8.15. The van der Waals surface area contributed by atoms with Crippen LogP contribution in [0.4, 0.5) is 5.82 Å². The van der Waals surface area contributed by atoms with E-state index < -0.39 is 35.4 Å². The second-order valence-electron chi connectivity index (χ2n) is 17.7. The monoisotopic (exact) mass is 913 g/mol. The molecule has 4 atom stereocenters. The van der Waals surface area contributed by atoms with Crippen LogP contribution in [0, 0.1) is 12.3 Å². The van der Waals surface area contributed by atoms with Crippen LogP contribution in [0.15, 0.2) is 66.3 Å². The topological polar surface area (TPSA) is 185 Å². The van der Waals surface area contributed by atoms with Crippen LogP contribution in [0.1, 0.15) is 51.4 Å². The van der Waals surface area contributed by atoms with Crippen molar-refractivity contribution in [3.8, 4) is 10.4 Å². The van der Waals surface area contributed by atoms with Crippen molar-refractivity contribution in [1.82, 2.24) is 39.8 Å². The number of likely N-dealkylation sites (tertiary alicyclic amines) is 1. The molecule has 2 aliphatic heterocycles. The maximum atomic E-state index is 14.0. The molecule has 65 heavy (non-hydrogen) atoms. The zero-order chi connectivity index (χ0) is 45.9. The van der Waals surface area contributed by atoms with Gasteiger partial charge in [-0.05, 0) is 48.6 Å². The number of β-amino-alcohol motifs (C(OH)–C–C–N with tert-alkyl or cyclic N) is 1. The molecule has 2 saturated heterocycles. The Hall–Kier alpha value is -5.08. The molecule has 2 fully saturated rings. The molecule has 17 nitrogen and oxygen atoms in total. The molecule has 0 spiro atoms. The molecule has 350 valence electrons. The summed E-state index contributed by atoms with van der Waals surface area (Å²) >= 11 is 1.58. The highest BCUT2D eigenvalue weighted by Gasteiger charge is 2.44. The first-order valence-corrected chi connectivity index (χ1v) is 23.3. The summed E-state index contributed by atoms with van der Waals surface area (Å²) in [5.41, 5.74) is 6.06. The van der Waals surface area contributed by atoms with Crippen molar-refractivity contribution in [2.75, 3.05) is 97.0 Å². The maximum Gasteiger partial charge on any atom is 0.246 e. The number of hydrogen-bond donors (Lipinski definition) is 3. The van der Waals surface area contributed by atoms with Gasteiger partial charge in [0.15, 0.2) is 0 Å². The van der Waals surface area contributed by atoms with Gasteiger partial charge in [-0.25, -0.2) is 9.97 Å². The predicted octanol–water partition coefficient (Wildman–Crippen LogP) is 3.87. The highest BCUT2D eigenvalue weighted by Crippen LogP contribution is 2.30. The Kier molecular flexibility index (Phi) is 16.5. The second-order valence-corrected chi connectivity index (χ2v) is 18.5. The Labute approximate surface area is 384 Å². The van der Waals surface area contributed by atoms with Gasteiger partial charge in [-0.3, -0.25) is 23.7 Å². The Bertz CT molecular complexity index is 2340. The van der Waals surface area contributed by atoms with E-state index >= 15 is 0 Å². The number of aliphatic hydroxyl groups excluding tert-OH is 1. The van der Waals surface area contributed by atoms with E-state index in [9.17, 15) is 19.5 Å².